The van der Waals surface area contributed by atoms with Gasteiger partial charge in [0.25, 0.3) is 5.91 Å². The predicted octanol–water partition coefficient (Wildman–Crippen LogP) is 6.17. The van der Waals surface area contributed by atoms with Crippen molar-refractivity contribution < 1.29 is 4.79 Å². The van der Waals surface area contributed by atoms with Crippen molar-refractivity contribution in [3.8, 4) is 0 Å². The number of benzene rings is 2. The fraction of sp³-hybridized carbons (Fsp3) is 0.333. The number of carbonyl (C=O) groups is 1. The molecule has 5 heteroatoms. The van der Waals surface area contributed by atoms with Gasteiger partial charge in [0.05, 0.1) is 6.21 Å². The van der Waals surface area contributed by atoms with E-state index in [1.807, 2.05) is 45.0 Å². The second-order valence-electron chi connectivity index (χ2n) is 7.51. The highest BCUT2D eigenvalue weighted by Gasteiger charge is 2.16. The molecule has 0 heterocycles. The number of hydrogen-bond donors (Lipinski definition) is 2. The van der Waals surface area contributed by atoms with E-state index >= 15 is 0 Å². The molecule has 0 unspecified atom stereocenters. The summed E-state index contributed by atoms with van der Waals surface area (Å²) in [6.07, 6.45) is 4.33. The summed E-state index contributed by atoms with van der Waals surface area (Å²) in [6.45, 7) is 10.2. The van der Waals surface area contributed by atoms with Gasteiger partial charge in [0.15, 0.2) is 0 Å². The second kappa shape index (κ2) is 10.8. The van der Waals surface area contributed by atoms with Crippen molar-refractivity contribution in [2.75, 3.05) is 5.32 Å². The van der Waals surface area contributed by atoms with Crippen LogP contribution in [0.25, 0.3) is 6.08 Å². The third-order valence-electron chi connectivity index (χ3n) is 4.68. The van der Waals surface area contributed by atoms with Gasteiger partial charge in [-0.2, -0.15) is 5.10 Å². The van der Waals surface area contributed by atoms with Crippen molar-refractivity contribution >= 4 is 35.5 Å². The monoisotopic (exact) mass is 411 g/mol. The number of aryl methyl sites for hydroxylation is 1. The third kappa shape index (κ3) is 7.06. The van der Waals surface area contributed by atoms with E-state index in [0.717, 1.165) is 22.4 Å². The van der Waals surface area contributed by atoms with Crippen LogP contribution in [0.15, 0.2) is 53.1 Å². The molecule has 2 N–H and O–H groups in total. The van der Waals surface area contributed by atoms with E-state index < -0.39 is 0 Å². The molecule has 29 heavy (non-hydrogen) atoms. The van der Waals surface area contributed by atoms with Crippen molar-refractivity contribution in [1.29, 1.82) is 0 Å². The molecular formula is C24H30ClN3O. The van der Waals surface area contributed by atoms with E-state index in [-0.39, 0.29) is 11.9 Å². The van der Waals surface area contributed by atoms with Crippen molar-refractivity contribution in [2.45, 2.75) is 53.0 Å². The van der Waals surface area contributed by atoms with E-state index in [4.69, 9.17) is 11.6 Å². The van der Waals surface area contributed by atoms with E-state index in [2.05, 4.69) is 54.0 Å². The minimum atomic E-state index is -0.375. The van der Waals surface area contributed by atoms with Gasteiger partial charge >= 0.3 is 0 Å². The molecule has 2 rings (SSSR count). The first-order chi connectivity index (χ1) is 13.8. The minimum Gasteiger partial charge on any atom is -0.373 e. The van der Waals surface area contributed by atoms with Crippen LogP contribution < -0.4 is 10.7 Å². The average molecular weight is 412 g/mol. The van der Waals surface area contributed by atoms with Crippen molar-refractivity contribution in [3.05, 3.63) is 69.8 Å². The van der Waals surface area contributed by atoms with E-state index in [1.165, 1.54) is 5.56 Å². The van der Waals surface area contributed by atoms with Gasteiger partial charge in [0.2, 0.25) is 0 Å². The lowest BCUT2D eigenvalue weighted by molar-refractivity contribution is -0.121. The van der Waals surface area contributed by atoms with Gasteiger partial charge in [-0.3, -0.25) is 4.79 Å². The highest BCUT2D eigenvalue weighted by molar-refractivity contribution is 6.30. The van der Waals surface area contributed by atoms with Crippen LogP contribution >= 0.6 is 11.6 Å². The van der Waals surface area contributed by atoms with Gasteiger partial charge < -0.3 is 5.32 Å². The van der Waals surface area contributed by atoms with Gasteiger partial charge in [-0.15, -0.1) is 0 Å². The predicted molar refractivity (Wildman–Crippen MR) is 125 cm³/mol. The van der Waals surface area contributed by atoms with Crippen LogP contribution in [0.5, 0.6) is 0 Å². The molecule has 0 aliphatic carbocycles. The minimum absolute atomic E-state index is 0.174. The number of nitrogens with one attached hydrogen (secondary N) is 2. The first kappa shape index (κ1) is 22.7. The van der Waals surface area contributed by atoms with Gasteiger partial charge in [0, 0.05) is 10.7 Å². The SMILES string of the molecule is CC[C@@H](Nc1ccc(Cl)cc1C)C(=O)NN=C/C(C)=C\c1ccc(C(C)C)cc1. The van der Waals surface area contributed by atoms with Crippen LogP contribution in [0.2, 0.25) is 5.02 Å². The van der Waals surface area contributed by atoms with Crippen LogP contribution in [-0.2, 0) is 4.79 Å². The molecule has 1 amide bonds. The zero-order valence-electron chi connectivity index (χ0n) is 17.8. The molecule has 4 nitrogen and oxygen atoms in total. The molecule has 2 aromatic carbocycles. The van der Waals surface area contributed by atoms with Crippen molar-refractivity contribution in [3.63, 3.8) is 0 Å². The molecule has 1 atom stereocenters. The van der Waals surface area contributed by atoms with E-state index in [0.29, 0.717) is 17.4 Å². The van der Waals surface area contributed by atoms with E-state index in [9.17, 15) is 4.79 Å². The molecular weight excluding hydrogens is 382 g/mol. The quantitative estimate of drug-likeness (QED) is 0.403. The fourth-order valence-corrected chi connectivity index (χ4v) is 3.11. The average Bonchev–Trinajstić information content (AvgIpc) is 2.67. The summed E-state index contributed by atoms with van der Waals surface area (Å²) in [5.41, 5.74) is 7.89. The van der Waals surface area contributed by atoms with Crippen LogP contribution in [0, 0.1) is 6.92 Å². The number of amides is 1. The second-order valence-corrected chi connectivity index (χ2v) is 7.94. The number of hydrogen-bond acceptors (Lipinski definition) is 3. The van der Waals surface area contributed by atoms with Crippen LogP contribution in [0.1, 0.15) is 56.7 Å². The summed E-state index contributed by atoms with van der Waals surface area (Å²) in [7, 11) is 0. The summed E-state index contributed by atoms with van der Waals surface area (Å²) in [4.78, 5) is 12.5. The summed E-state index contributed by atoms with van der Waals surface area (Å²) in [5.74, 6) is 0.342. The molecule has 0 spiro atoms. The molecule has 0 bridgehead atoms. The Balaban J connectivity index is 1.95. The number of anilines is 1. The smallest absolute Gasteiger partial charge is 0.262 e. The van der Waals surface area contributed by atoms with Gasteiger partial charge in [-0.25, -0.2) is 5.43 Å². The lowest BCUT2D eigenvalue weighted by Crippen LogP contribution is -2.37. The largest absolute Gasteiger partial charge is 0.373 e. The molecule has 2 aromatic rings. The topological polar surface area (TPSA) is 53.5 Å². The standard InChI is InChI=1S/C24H30ClN3O/c1-6-22(27-23-12-11-21(25)14-18(23)5)24(29)28-26-15-17(4)13-19-7-9-20(10-8-19)16(2)3/h7-16,22,27H,6H2,1-5H3,(H,28,29)/b17-13-,26-15?/t22-/m1/s1. The molecule has 0 aromatic heterocycles. The molecule has 0 saturated heterocycles. The Labute approximate surface area is 179 Å². The maximum atomic E-state index is 12.5. The van der Waals surface area contributed by atoms with Crippen molar-refractivity contribution in [2.24, 2.45) is 5.10 Å². The Hall–Kier alpha value is -2.59. The maximum absolute atomic E-state index is 12.5. The highest BCUT2D eigenvalue weighted by atomic mass is 35.5. The molecule has 0 aliphatic heterocycles. The molecule has 0 aliphatic rings. The Kier molecular flexibility index (Phi) is 8.47. The van der Waals surface area contributed by atoms with Crippen LogP contribution in [-0.4, -0.2) is 18.2 Å². The first-order valence-corrected chi connectivity index (χ1v) is 10.3. The zero-order valence-corrected chi connectivity index (χ0v) is 18.5. The third-order valence-corrected chi connectivity index (χ3v) is 4.92. The Morgan fingerprint density at radius 3 is 2.45 bits per heavy atom. The molecule has 0 radical (unpaired) electrons. The van der Waals surface area contributed by atoms with Crippen LogP contribution in [0.4, 0.5) is 5.69 Å². The lowest BCUT2D eigenvalue weighted by atomic mass is 10.0. The number of nitrogens with zero attached hydrogens (tertiary/aromatic N) is 1. The number of carbonyl (C=O) groups excluding carboxylic acids is 1. The summed E-state index contributed by atoms with van der Waals surface area (Å²) in [5, 5.41) is 8.04. The summed E-state index contributed by atoms with van der Waals surface area (Å²) in [6, 6.07) is 13.6. The number of hydrazone groups is 1. The lowest BCUT2D eigenvalue weighted by Gasteiger charge is -2.18. The van der Waals surface area contributed by atoms with Crippen molar-refractivity contribution in [1.82, 2.24) is 5.43 Å². The highest BCUT2D eigenvalue weighted by Crippen LogP contribution is 2.21. The number of rotatable bonds is 8. The molecule has 0 saturated carbocycles. The van der Waals surface area contributed by atoms with Gasteiger partial charge in [-0.1, -0.05) is 62.7 Å². The summed E-state index contributed by atoms with van der Waals surface area (Å²) >= 11 is 6.00. The summed E-state index contributed by atoms with van der Waals surface area (Å²) < 4.78 is 0. The normalized spacial score (nSPS) is 13.0. The van der Waals surface area contributed by atoms with E-state index in [1.54, 1.807) is 6.21 Å². The van der Waals surface area contributed by atoms with Gasteiger partial charge in [-0.05, 0) is 66.6 Å². The molecule has 0 fully saturated rings. The van der Waals surface area contributed by atoms with Gasteiger partial charge in [0.1, 0.15) is 6.04 Å². The maximum Gasteiger partial charge on any atom is 0.262 e. The fourth-order valence-electron chi connectivity index (χ4n) is 2.88. The zero-order chi connectivity index (χ0) is 21.4. The number of allylic oxidation sites excluding steroid dienone is 1. The number of halogens is 1. The Morgan fingerprint density at radius 2 is 1.86 bits per heavy atom. The first-order valence-electron chi connectivity index (χ1n) is 9.94. The Morgan fingerprint density at radius 1 is 1.17 bits per heavy atom. The molecule has 154 valence electrons. The Bertz CT molecular complexity index is 885. The van der Waals surface area contributed by atoms with Crippen LogP contribution in [0.3, 0.4) is 0 Å².